The number of nitrogens with one attached hydrogen (secondary N) is 2. The molecule has 0 aliphatic heterocycles. The first-order valence-corrected chi connectivity index (χ1v) is 8.24. The number of furan rings is 1. The summed E-state index contributed by atoms with van der Waals surface area (Å²) < 4.78 is 10.5. The Bertz CT molecular complexity index is 538. The lowest BCUT2D eigenvalue weighted by Gasteiger charge is -2.17. The molecule has 22 heavy (non-hydrogen) atoms. The summed E-state index contributed by atoms with van der Waals surface area (Å²) in [5, 5.41) is 8.75. The third-order valence-corrected chi connectivity index (χ3v) is 3.88. The number of aliphatic imine (C=N–C) groups is 1. The molecule has 2 aromatic heterocycles. The van der Waals surface area contributed by atoms with Crippen molar-refractivity contribution in [2.24, 2.45) is 4.99 Å². The predicted molar refractivity (Wildman–Crippen MR) is 90.3 cm³/mol. The molecule has 0 saturated heterocycles. The number of methoxy groups -OCH3 is 1. The standard InChI is InChI=1S/C16H23N3O2S/c1-13(12-20-2)19-16(18-11-15-6-4-10-22-15)17-8-7-14-5-3-9-21-14/h3-6,9-10,13H,7-8,11-12H2,1-2H3,(H2,17,18,19). The minimum absolute atomic E-state index is 0.197. The second kappa shape index (κ2) is 9.27. The van der Waals surface area contributed by atoms with Crippen molar-refractivity contribution in [2.45, 2.75) is 25.9 Å². The lowest BCUT2D eigenvalue weighted by Crippen LogP contribution is -2.44. The van der Waals surface area contributed by atoms with Gasteiger partial charge in [0.05, 0.1) is 19.4 Å². The molecule has 0 amide bonds. The Morgan fingerprint density at radius 3 is 3.00 bits per heavy atom. The molecule has 1 atom stereocenters. The number of guanidine groups is 1. The highest BCUT2D eigenvalue weighted by molar-refractivity contribution is 7.09. The van der Waals surface area contributed by atoms with Crippen LogP contribution in [0.15, 0.2) is 45.3 Å². The molecule has 0 aliphatic carbocycles. The van der Waals surface area contributed by atoms with E-state index in [1.165, 1.54) is 4.88 Å². The highest BCUT2D eigenvalue weighted by atomic mass is 32.1. The van der Waals surface area contributed by atoms with E-state index in [2.05, 4.69) is 34.0 Å². The molecule has 0 spiro atoms. The minimum Gasteiger partial charge on any atom is -0.469 e. The molecule has 5 nitrogen and oxygen atoms in total. The van der Waals surface area contributed by atoms with Crippen LogP contribution in [0.3, 0.4) is 0 Å². The topological polar surface area (TPSA) is 58.8 Å². The third-order valence-electron chi connectivity index (χ3n) is 3.02. The number of hydrogen-bond acceptors (Lipinski definition) is 4. The van der Waals surface area contributed by atoms with Gasteiger partial charge in [0.25, 0.3) is 0 Å². The van der Waals surface area contributed by atoms with E-state index in [9.17, 15) is 0 Å². The second-order valence-electron chi connectivity index (χ2n) is 5.00. The summed E-state index contributed by atoms with van der Waals surface area (Å²) in [4.78, 5) is 5.87. The van der Waals surface area contributed by atoms with Crippen LogP contribution in [0.1, 0.15) is 17.6 Å². The van der Waals surface area contributed by atoms with Crippen molar-refractivity contribution >= 4 is 17.3 Å². The van der Waals surface area contributed by atoms with Crippen molar-refractivity contribution in [3.63, 3.8) is 0 Å². The SMILES string of the molecule is COCC(C)NC(=NCc1cccs1)NCCc1ccco1. The number of rotatable bonds is 8. The van der Waals surface area contributed by atoms with E-state index in [1.54, 1.807) is 24.7 Å². The lowest BCUT2D eigenvalue weighted by atomic mass is 10.3. The Kier molecular flexibility index (Phi) is 6.99. The fourth-order valence-electron chi connectivity index (χ4n) is 2.00. The van der Waals surface area contributed by atoms with Gasteiger partial charge in [0.15, 0.2) is 5.96 Å². The molecule has 0 aromatic carbocycles. The van der Waals surface area contributed by atoms with Gasteiger partial charge in [-0.25, -0.2) is 4.99 Å². The average molecular weight is 321 g/mol. The van der Waals surface area contributed by atoms with Crippen molar-refractivity contribution < 1.29 is 9.15 Å². The van der Waals surface area contributed by atoms with Gasteiger partial charge >= 0.3 is 0 Å². The Morgan fingerprint density at radius 1 is 1.41 bits per heavy atom. The van der Waals surface area contributed by atoms with Crippen LogP contribution in [-0.4, -0.2) is 32.3 Å². The van der Waals surface area contributed by atoms with Gasteiger partial charge in [-0.15, -0.1) is 11.3 Å². The van der Waals surface area contributed by atoms with Gasteiger partial charge in [0, 0.05) is 31.0 Å². The van der Waals surface area contributed by atoms with Crippen LogP contribution in [0.5, 0.6) is 0 Å². The zero-order valence-electron chi connectivity index (χ0n) is 13.0. The summed E-state index contributed by atoms with van der Waals surface area (Å²) in [6, 6.07) is 8.21. The molecule has 0 radical (unpaired) electrons. The largest absolute Gasteiger partial charge is 0.469 e. The van der Waals surface area contributed by atoms with Crippen molar-refractivity contribution in [2.75, 3.05) is 20.3 Å². The first-order chi connectivity index (χ1) is 10.8. The fraction of sp³-hybridized carbons (Fsp3) is 0.438. The Morgan fingerprint density at radius 2 is 2.32 bits per heavy atom. The highest BCUT2D eigenvalue weighted by Gasteiger charge is 2.06. The van der Waals surface area contributed by atoms with Crippen LogP contribution in [0.25, 0.3) is 0 Å². The van der Waals surface area contributed by atoms with Crippen LogP contribution in [0, 0.1) is 0 Å². The van der Waals surface area contributed by atoms with E-state index in [0.29, 0.717) is 13.2 Å². The summed E-state index contributed by atoms with van der Waals surface area (Å²) in [5.74, 6) is 1.76. The molecule has 6 heteroatoms. The van der Waals surface area contributed by atoms with Crippen LogP contribution >= 0.6 is 11.3 Å². The van der Waals surface area contributed by atoms with Crippen LogP contribution in [0.2, 0.25) is 0 Å². The highest BCUT2D eigenvalue weighted by Crippen LogP contribution is 2.09. The molecule has 2 aromatic rings. The smallest absolute Gasteiger partial charge is 0.191 e. The van der Waals surface area contributed by atoms with E-state index in [-0.39, 0.29) is 6.04 Å². The van der Waals surface area contributed by atoms with E-state index in [1.807, 2.05) is 18.2 Å². The summed E-state index contributed by atoms with van der Waals surface area (Å²) in [5.41, 5.74) is 0. The number of ether oxygens (including phenoxy) is 1. The van der Waals surface area contributed by atoms with Crippen LogP contribution in [-0.2, 0) is 17.7 Å². The molecule has 2 N–H and O–H groups in total. The summed E-state index contributed by atoms with van der Waals surface area (Å²) in [6.45, 7) is 4.15. The van der Waals surface area contributed by atoms with Gasteiger partial charge in [-0.1, -0.05) is 6.07 Å². The monoisotopic (exact) mass is 321 g/mol. The van der Waals surface area contributed by atoms with Gasteiger partial charge in [-0.3, -0.25) is 0 Å². The Labute approximate surface area is 135 Å². The quantitative estimate of drug-likeness (QED) is 0.580. The maximum atomic E-state index is 5.34. The number of hydrogen-bond donors (Lipinski definition) is 2. The second-order valence-corrected chi connectivity index (χ2v) is 6.03. The Hall–Kier alpha value is -1.79. The molecule has 0 fully saturated rings. The van der Waals surface area contributed by atoms with Crippen molar-refractivity contribution in [3.8, 4) is 0 Å². The number of thiophene rings is 1. The number of nitrogens with zero attached hydrogens (tertiary/aromatic N) is 1. The molecule has 2 rings (SSSR count). The molecule has 1 unspecified atom stereocenters. The maximum Gasteiger partial charge on any atom is 0.191 e. The summed E-state index contributed by atoms with van der Waals surface area (Å²) in [7, 11) is 1.70. The van der Waals surface area contributed by atoms with Crippen LogP contribution in [0.4, 0.5) is 0 Å². The maximum absolute atomic E-state index is 5.34. The zero-order chi connectivity index (χ0) is 15.6. The van der Waals surface area contributed by atoms with Crippen molar-refractivity contribution in [3.05, 3.63) is 46.5 Å². The van der Waals surface area contributed by atoms with E-state index < -0.39 is 0 Å². The summed E-state index contributed by atoms with van der Waals surface area (Å²) >= 11 is 1.71. The lowest BCUT2D eigenvalue weighted by molar-refractivity contribution is 0.179. The molecule has 2 heterocycles. The van der Waals surface area contributed by atoms with Gasteiger partial charge in [-0.05, 0) is 30.5 Å². The Balaban J connectivity index is 1.86. The first kappa shape index (κ1) is 16.6. The van der Waals surface area contributed by atoms with Gasteiger partial charge in [0.2, 0.25) is 0 Å². The summed E-state index contributed by atoms with van der Waals surface area (Å²) in [6.07, 6.45) is 2.52. The molecule has 0 saturated carbocycles. The van der Waals surface area contributed by atoms with E-state index >= 15 is 0 Å². The molecule has 0 bridgehead atoms. The molecule has 0 aliphatic rings. The van der Waals surface area contributed by atoms with E-state index in [4.69, 9.17) is 9.15 Å². The van der Waals surface area contributed by atoms with Gasteiger partial charge in [0.1, 0.15) is 5.76 Å². The van der Waals surface area contributed by atoms with Crippen LogP contribution < -0.4 is 10.6 Å². The third kappa shape index (κ3) is 5.91. The van der Waals surface area contributed by atoms with Gasteiger partial charge < -0.3 is 19.8 Å². The average Bonchev–Trinajstić information content (AvgIpc) is 3.18. The van der Waals surface area contributed by atoms with E-state index in [0.717, 1.165) is 24.7 Å². The fourth-order valence-corrected chi connectivity index (χ4v) is 2.62. The zero-order valence-corrected chi connectivity index (χ0v) is 13.9. The molecule has 120 valence electrons. The molecular weight excluding hydrogens is 298 g/mol. The normalized spacial score (nSPS) is 13.1. The minimum atomic E-state index is 0.197. The molecular formula is C16H23N3O2S. The predicted octanol–water partition coefficient (Wildman–Crippen LogP) is 2.65. The van der Waals surface area contributed by atoms with Crippen molar-refractivity contribution in [1.82, 2.24) is 10.6 Å². The van der Waals surface area contributed by atoms with Crippen molar-refractivity contribution in [1.29, 1.82) is 0 Å². The van der Waals surface area contributed by atoms with Gasteiger partial charge in [-0.2, -0.15) is 0 Å². The first-order valence-electron chi connectivity index (χ1n) is 7.36.